The van der Waals surface area contributed by atoms with E-state index in [1.54, 1.807) is 12.3 Å². The van der Waals surface area contributed by atoms with Crippen molar-refractivity contribution in [3.8, 4) is 5.75 Å². The molecule has 1 amide bonds. The molecule has 2 aromatic rings. The van der Waals surface area contributed by atoms with Gasteiger partial charge >= 0.3 is 0 Å². The second kappa shape index (κ2) is 7.54. The molecule has 1 heterocycles. The van der Waals surface area contributed by atoms with Crippen molar-refractivity contribution in [3.05, 3.63) is 42.6 Å². The molecule has 6 heteroatoms. The Morgan fingerprint density at radius 2 is 2.14 bits per heavy atom. The number of aromatic nitrogens is 1. The van der Waals surface area contributed by atoms with Gasteiger partial charge in [0.15, 0.2) is 0 Å². The van der Waals surface area contributed by atoms with Crippen LogP contribution in [0.4, 0.5) is 11.5 Å². The fraction of sp³-hybridized carbons (Fsp3) is 0.200. The SMILES string of the molecule is CCOc1ccccc1NC(=O)CSc1ccc(N)nc1. The third kappa shape index (κ3) is 4.68. The minimum atomic E-state index is -0.0935. The standard InChI is InChI=1S/C15H17N3O2S/c1-2-20-13-6-4-3-5-12(13)18-15(19)10-21-11-7-8-14(16)17-9-11/h3-9H,2,10H2,1H3,(H2,16,17)(H,18,19). The molecule has 3 N–H and O–H groups in total. The normalized spacial score (nSPS) is 10.1. The molecule has 5 nitrogen and oxygen atoms in total. The molecule has 0 aliphatic heterocycles. The zero-order valence-corrected chi connectivity index (χ0v) is 12.5. The zero-order chi connectivity index (χ0) is 15.1. The Kier molecular flexibility index (Phi) is 5.45. The van der Waals surface area contributed by atoms with Crippen LogP contribution in [-0.2, 0) is 4.79 Å². The summed E-state index contributed by atoms with van der Waals surface area (Å²) in [5, 5.41) is 2.85. The number of anilines is 2. The Hall–Kier alpha value is -2.21. The number of carbonyl (C=O) groups is 1. The average molecular weight is 303 g/mol. The highest BCUT2D eigenvalue weighted by atomic mass is 32.2. The lowest BCUT2D eigenvalue weighted by atomic mass is 10.3. The van der Waals surface area contributed by atoms with E-state index in [2.05, 4.69) is 10.3 Å². The second-order valence-corrected chi connectivity index (χ2v) is 5.23. The summed E-state index contributed by atoms with van der Waals surface area (Å²) in [7, 11) is 0. The van der Waals surface area contributed by atoms with Crippen LogP contribution >= 0.6 is 11.8 Å². The summed E-state index contributed by atoms with van der Waals surface area (Å²) in [6, 6.07) is 10.9. The fourth-order valence-corrected chi connectivity index (χ4v) is 2.32. The number of thioether (sulfide) groups is 1. The van der Waals surface area contributed by atoms with Crippen molar-refractivity contribution in [2.24, 2.45) is 0 Å². The number of nitrogen functional groups attached to an aromatic ring is 1. The smallest absolute Gasteiger partial charge is 0.234 e. The van der Waals surface area contributed by atoms with Crippen LogP contribution in [0, 0.1) is 0 Å². The lowest BCUT2D eigenvalue weighted by molar-refractivity contribution is -0.113. The monoisotopic (exact) mass is 303 g/mol. The van der Waals surface area contributed by atoms with Crippen molar-refractivity contribution in [1.82, 2.24) is 4.98 Å². The lowest BCUT2D eigenvalue weighted by Gasteiger charge is -2.11. The summed E-state index contributed by atoms with van der Waals surface area (Å²) in [5.74, 6) is 1.34. The molecule has 2 rings (SSSR count). The van der Waals surface area contributed by atoms with Crippen LogP contribution in [-0.4, -0.2) is 23.3 Å². The quantitative estimate of drug-likeness (QED) is 0.802. The Morgan fingerprint density at radius 3 is 2.86 bits per heavy atom. The highest BCUT2D eigenvalue weighted by Crippen LogP contribution is 2.24. The van der Waals surface area contributed by atoms with Crippen molar-refractivity contribution in [3.63, 3.8) is 0 Å². The Morgan fingerprint density at radius 1 is 1.33 bits per heavy atom. The van der Waals surface area contributed by atoms with E-state index in [4.69, 9.17) is 10.5 Å². The number of carbonyl (C=O) groups excluding carboxylic acids is 1. The van der Waals surface area contributed by atoms with Gasteiger partial charge in [0.1, 0.15) is 11.6 Å². The first-order valence-electron chi connectivity index (χ1n) is 6.55. The average Bonchev–Trinajstić information content (AvgIpc) is 2.49. The molecule has 0 radical (unpaired) electrons. The fourth-order valence-electron chi connectivity index (χ4n) is 1.66. The molecule has 0 aliphatic rings. The Balaban J connectivity index is 1.91. The van der Waals surface area contributed by atoms with Gasteiger partial charge in [0.05, 0.1) is 18.0 Å². The zero-order valence-electron chi connectivity index (χ0n) is 11.7. The van der Waals surface area contributed by atoms with Crippen molar-refractivity contribution in [1.29, 1.82) is 0 Å². The minimum Gasteiger partial charge on any atom is -0.492 e. The van der Waals surface area contributed by atoms with Crippen LogP contribution in [0.25, 0.3) is 0 Å². The largest absolute Gasteiger partial charge is 0.492 e. The number of rotatable bonds is 6. The van der Waals surface area contributed by atoms with E-state index in [0.29, 0.717) is 29.6 Å². The van der Waals surface area contributed by atoms with Crippen LogP contribution in [0.5, 0.6) is 5.75 Å². The van der Waals surface area contributed by atoms with Crippen molar-refractivity contribution in [2.75, 3.05) is 23.4 Å². The first kappa shape index (κ1) is 15.2. The van der Waals surface area contributed by atoms with Gasteiger partial charge in [0, 0.05) is 11.1 Å². The number of amides is 1. The predicted octanol–water partition coefficient (Wildman–Crippen LogP) is 2.79. The highest BCUT2D eigenvalue weighted by Gasteiger charge is 2.08. The number of benzene rings is 1. The van der Waals surface area contributed by atoms with Gasteiger partial charge in [0.25, 0.3) is 0 Å². The maximum absolute atomic E-state index is 12.0. The van der Waals surface area contributed by atoms with Gasteiger partial charge in [-0.25, -0.2) is 4.98 Å². The summed E-state index contributed by atoms with van der Waals surface area (Å²) in [6.45, 7) is 2.46. The van der Waals surface area contributed by atoms with E-state index in [9.17, 15) is 4.79 Å². The molecule has 0 aliphatic carbocycles. The summed E-state index contributed by atoms with van der Waals surface area (Å²) in [4.78, 5) is 16.9. The lowest BCUT2D eigenvalue weighted by Crippen LogP contribution is -2.14. The maximum Gasteiger partial charge on any atom is 0.234 e. The van der Waals surface area contributed by atoms with Gasteiger partial charge in [-0.3, -0.25) is 4.79 Å². The second-order valence-electron chi connectivity index (χ2n) is 4.18. The number of pyridine rings is 1. The number of ether oxygens (including phenoxy) is 1. The minimum absolute atomic E-state index is 0.0935. The van der Waals surface area contributed by atoms with E-state index in [0.717, 1.165) is 4.90 Å². The molecule has 0 fully saturated rings. The Labute approximate surface area is 127 Å². The van der Waals surface area contributed by atoms with Crippen LogP contribution in [0.1, 0.15) is 6.92 Å². The first-order chi connectivity index (χ1) is 10.2. The van der Waals surface area contributed by atoms with Crippen LogP contribution < -0.4 is 15.8 Å². The van der Waals surface area contributed by atoms with Gasteiger partial charge in [-0.1, -0.05) is 12.1 Å². The summed E-state index contributed by atoms with van der Waals surface area (Å²) < 4.78 is 5.47. The molecule has 21 heavy (non-hydrogen) atoms. The highest BCUT2D eigenvalue weighted by molar-refractivity contribution is 8.00. The molecule has 1 aromatic carbocycles. The number of nitrogens with zero attached hydrogens (tertiary/aromatic N) is 1. The molecule has 1 aromatic heterocycles. The van der Waals surface area contributed by atoms with E-state index in [1.165, 1.54) is 11.8 Å². The number of hydrogen-bond donors (Lipinski definition) is 2. The molecule has 0 bridgehead atoms. The number of para-hydroxylation sites is 2. The third-order valence-electron chi connectivity index (χ3n) is 2.59. The summed E-state index contributed by atoms with van der Waals surface area (Å²) in [5.41, 5.74) is 6.20. The van der Waals surface area contributed by atoms with Gasteiger partial charge in [-0.05, 0) is 31.2 Å². The molecule has 0 saturated heterocycles. The molecule has 0 atom stereocenters. The maximum atomic E-state index is 12.0. The molecule has 0 saturated carbocycles. The van der Waals surface area contributed by atoms with Crippen molar-refractivity contribution in [2.45, 2.75) is 11.8 Å². The van der Waals surface area contributed by atoms with Gasteiger partial charge in [-0.15, -0.1) is 11.8 Å². The topological polar surface area (TPSA) is 77.2 Å². The number of nitrogens with one attached hydrogen (secondary N) is 1. The van der Waals surface area contributed by atoms with Crippen LogP contribution in [0.3, 0.4) is 0 Å². The molecule has 0 spiro atoms. The molecular formula is C15H17N3O2S. The van der Waals surface area contributed by atoms with E-state index < -0.39 is 0 Å². The Bertz CT molecular complexity index is 602. The number of hydrogen-bond acceptors (Lipinski definition) is 5. The van der Waals surface area contributed by atoms with Gasteiger partial charge < -0.3 is 15.8 Å². The first-order valence-corrected chi connectivity index (χ1v) is 7.53. The number of nitrogens with two attached hydrogens (primary N) is 1. The van der Waals surface area contributed by atoms with Crippen LogP contribution in [0.2, 0.25) is 0 Å². The van der Waals surface area contributed by atoms with Crippen molar-refractivity contribution < 1.29 is 9.53 Å². The molecule has 0 unspecified atom stereocenters. The molecular weight excluding hydrogens is 286 g/mol. The summed E-state index contributed by atoms with van der Waals surface area (Å²) in [6.07, 6.45) is 1.65. The van der Waals surface area contributed by atoms with Gasteiger partial charge in [-0.2, -0.15) is 0 Å². The summed E-state index contributed by atoms with van der Waals surface area (Å²) >= 11 is 1.40. The molecule has 110 valence electrons. The van der Waals surface area contributed by atoms with Gasteiger partial charge in [0.2, 0.25) is 5.91 Å². The van der Waals surface area contributed by atoms with Crippen molar-refractivity contribution >= 4 is 29.2 Å². The van der Waals surface area contributed by atoms with Crippen LogP contribution in [0.15, 0.2) is 47.5 Å². The van der Waals surface area contributed by atoms with E-state index >= 15 is 0 Å². The van der Waals surface area contributed by atoms with E-state index in [1.807, 2.05) is 37.3 Å². The van der Waals surface area contributed by atoms with E-state index in [-0.39, 0.29) is 5.91 Å². The predicted molar refractivity (Wildman–Crippen MR) is 85.6 cm³/mol. The third-order valence-corrected chi connectivity index (χ3v) is 3.57.